The van der Waals surface area contributed by atoms with E-state index in [1.165, 1.54) is 42.5 Å². The van der Waals surface area contributed by atoms with Crippen LogP contribution in [0.4, 0.5) is 20.6 Å². The second-order valence-corrected chi connectivity index (χ2v) is 6.69. The van der Waals surface area contributed by atoms with Crippen molar-refractivity contribution in [1.82, 2.24) is 0 Å². The summed E-state index contributed by atoms with van der Waals surface area (Å²) >= 11 is 3.13. The molecule has 4 N–H and O–H groups in total. The van der Waals surface area contributed by atoms with Crippen LogP contribution in [0, 0.1) is 5.82 Å². The van der Waals surface area contributed by atoms with Crippen LogP contribution in [0.15, 0.2) is 51.8 Å². The van der Waals surface area contributed by atoms with E-state index in [4.69, 9.17) is 5.14 Å². The Hall–Kier alpha value is -1.97. The normalized spacial score (nSPS) is 11.0. The van der Waals surface area contributed by atoms with Gasteiger partial charge in [0, 0.05) is 10.2 Å². The van der Waals surface area contributed by atoms with Crippen molar-refractivity contribution >= 4 is 43.4 Å². The zero-order chi connectivity index (χ0) is 16.3. The summed E-state index contributed by atoms with van der Waals surface area (Å²) in [4.78, 5) is 11.8. The molecule has 0 unspecified atom stereocenters. The number of hydrogen-bond donors (Lipinski definition) is 3. The number of urea groups is 1. The van der Waals surface area contributed by atoms with Gasteiger partial charge in [0.15, 0.2) is 0 Å². The molecule has 2 amide bonds. The summed E-state index contributed by atoms with van der Waals surface area (Å²) < 4.78 is 35.6. The second kappa shape index (κ2) is 6.42. The lowest BCUT2D eigenvalue weighted by molar-refractivity contribution is 0.262. The van der Waals surface area contributed by atoms with Crippen molar-refractivity contribution in [1.29, 1.82) is 0 Å². The quantitative estimate of drug-likeness (QED) is 0.754. The van der Waals surface area contributed by atoms with E-state index in [1.54, 1.807) is 0 Å². The number of anilines is 2. The predicted molar refractivity (Wildman–Crippen MR) is 84.6 cm³/mol. The van der Waals surface area contributed by atoms with Crippen LogP contribution < -0.4 is 15.8 Å². The lowest BCUT2D eigenvalue weighted by Crippen LogP contribution is -2.20. The molecule has 9 heteroatoms. The Kier molecular flexibility index (Phi) is 4.79. The van der Waals surface area contributed by atoms with Gasteiger partial charge in [0.25, 0.3) is 0 Å². The fourth-order valence-corrected chi connectivity index (χ4v) is 2.57. The maximum atomic E-state index is 12.9. The molecule has 0 fully saturated rings. The highest BCUT2D eigenvalue weighted by Crippen LogP contribution is 2.23. The van der Waals surface area contributed by atoms with Crippen molar-refractivity contribution in [2.45, 2.75) is 4.90 Å². The minimum atomic E-state index is -3.78. The molecule has 0 aliphatic heterocycles. The molecule has 6 nitrogen and oxygen atoms in total. The van der Waals surface area contributed by atoms with E-state index in [9.17, 15) is 17.6 Å². The molecule has 0 bridgehead atoms. The number of sulfonamides is 1. The molecule has 0 radical (unpaired) electrons. The molecule has 0 aliphatic carbocycles. The van der Waals surface area contributed by atoms with E-state index in [2.05, 4.69) is 26.6 Å². The van der Waals surface area contributed by atoms with E-state index in [0.29, 0.717) is 15.8 Å². The van der Waals surface area contributed by atoms with Crippen molar-refractivity contribution in [3.8, 4) is 0 Å². The minimum Gasteiger partial charge on any atom is -0.308 e. The largest absolute Gasteiger partial charge is 0.323 e. The first-order chi connectivity index (χ1) is 10.3. The first-order valence-electron chi connectivity index (χ1n) is 5.91. The molecule has 0 spiro atoms. The first kappa shape index (κ1) is 16.4. The zero-order valence-corrected chi connectivity index (χ0v) is 13.4. The summed E-state index contributed by atoms with van der Waals surface area (Å²) in [5.74, 6) is -0.434. The van der Waals surface area contributed by atoms with Crippen LogP contribution in [0.5, 0.6) is 0 Å². The average molecular weight is 388 g/mol. The van der Waals surface area contributed by atoms with Crippen LogP contribution in [0.1, 0.15) is 0 Å². The molecule has 0 heterocycles. The standard InChI is InChI=1S/C13H11BrFN3O3S/c14-11-7-8(15)1-6-12(11)18-13(19)17-9-2-4-10(5-3-9)22(16,20)21/h1-7H,(H2,16,20,21)(H2,17,18,19). The van der Waals surface area contributed by atoms with Crippen molar-refractivity contribution in [2.24, 2.45) is 5.14 Å². The molecule has 116 valence electrons. The summed E-state index contributed by atoms with van der Waals surface area (Å²) in [5.41, 5.74) is 0.767. The van der Waals surface area contributed by atoms with Gasteiger partial charge < -0.3 is 10.6 Å². The molecule has 2 rings (SSSR count). The lowest BCUT2D eigenvalue weighted by Gasteiger charge is -2.09. The smallest absolute Gasteiger partial charge is 0.308 e. The second-order valence-electron chi connectivity index (χ2n) is 4.27. The summed E-state index contributed by atoms with van der Waals surface area (Å²) in [5, 5.41) is 10.0. The fraction of sp³-hybridized carbons (Fsp3) is 0. The van der Waals surface area contributed by atoms with E-state index >= 15 is 0 Å². The number of carbonyl (C=O) groups excluding carboxylic acids is 1. The average Bonchev–Trinajstić information content (AvgIpc) is 2.41. The van der Waals surface area contributed by atoms with Gasteiger partial charge in [-0.15, -0.1) is 0 Å². The maximum Gasteiger partial charge on any atom is 0.323 e. The molecule has 0 saturated carbocycles. The fourth-order valence-electron chi connectivity index (χ4n) is 1.60. The molecule has 0 aliphatic rings. The lowest BCUT2D eigenvalue weighted by atomic mass is 10.3. The Labute approximate surface area is 134 Å². The Morgan fingerprint density at radius 1 is 1.09 bits per heavy atom. The molecule has 2 aromatic carbocycles. The van der Waals surface area contributed by atoms with Gasteiger partial charge in [-0.05, 0) is 58.4 Å². The molecule has 0 saturated heterocycles. The van der Waals surface area contributed by atoms with Crippen molar-refractivity contribution in [3.05, 3.63) is 52.8 Å². The molecular formula is C13H11BrFN3O3S. The van der Waals surface area contributed by atoms with Crippen molar-refractivity contribution in [2.75, 3.05) is 10.6 Å². The highest BCUT2D eigenvalue weighted by atomic mass is 79.9. The summed E-state index contributed by atoms with van der Waals surface area (Å²) in [7, 11) is -3.78. The maximum absolute atomic E-state index is 12.9. The third-order valence-electron chi connectivity index (χ3n) is 2.62. The topological polar surface area (TPSA) is 101 Å². The third kappa shape index (κ3) is 4.26. The minimum absolute atomic E-state index is 0.0558. The SMILES string of the molecule is NS(=O)(=O)c1ccc(NC(=O)Nc2ccc(F)cc2Br)cc1. The summed E-state index contributed by atoms with van der Waals surface area (Å²) in [6.45, 7) is 0. The van der Waals surface area contributed by atoms with Gasteiger partial charge in [-0.1, -0.05) is 0 Å². The van der Waals surface area contributed by atoms with Crippen LogP contribution in [0.25, 0.3) is 0 Å². The molecule has 0 aromatic heterocycles. The highest BCUT2D eigenvalue weighted by Gasteiger charge is 2.09. The van der Waals surface area contributed by atoms with Gasteiger partial charge >= 0.3 is 6.03 Å². The zero-order valence-electron chi connectivity index (χ0n) is 11.0. The van der Waals surface area contributed by atoms with E-state index in [-0.39, 0.29) is 4.90 Å². The predicted octanol–water partition coefficient (Wildman–Crippen LogP) is 2.88. The Bertz CT molecular complexity index is 810. The van der Waals surface area contributed by atoms with Crippen LogP contribution in [-0.4, -0.2) is 14.4 Å². The number of nitrogens with two attached hydrogens (primary N) is 1. The van der Waals surface area contributed by atoms with Crippen LogP contribution in [-0.2, 0) is 10.0 Å². The Morgan fingerprint density at radius 3 is 2.27 bits per heavy atom. The molecule has 2 aromatic rings. The first-order valence-corrected chi connectivity index (χ1v) is 8.25. The van der Waals surface area contributed by atoms with Crippen molar-refractivity contribution < 1.29 is 17.6 Å². The van der Waals surface area contributed by atoms with Gasteiger partial charge in [0.2, 0.25) is 10.0 Å². The summed E-state index contributed by atoms with van der Waals surface area (Å²) in [6.07, 6.45) is 0. The molecule has 22 heavy (non-hydrogen) atoms. The van der Waals surface area contributed by atoms with E-state index < -0.39 is 21.9 Å². The van der Waals surface area contributed by atoms with Gasteiger partial charge in [0.1, 0.15) is 5.82 Å². The third-order valence-corrected chi connectivity index (χ3v) is 4.21. The van der Waals surface area contributed by atoms with Crippen molar-refractivity contribution in [3.63, 3.8) is 0 Å². The number of primary sulfonamides is 1. The number of hydrogen-bond acceptors (Lipinski definition) is 3. The molecule has 0 atom stereocenters. The number of carbonyl (C=O) groups is 1. The monoisotopic (exact) mass is 387 g/mol. The highest BCUT2D eigenvalue weighted by molar-refractivity contribution is 9.10. The number of amides is 2. The van der Waals surface area contributed by atoms with Gasteiger partial charge in [-0.25, -0.2) is 22.7 Å². The van der Waals surface area contributed by atoms with Crippen LogP contribution in [0.2, 0.25) is 0 Å². The van der Waals surface area contributed by atoms with Gasteiger partial charge in [-0.2, -0.15) is 0 Å². The summed E-state index contributed by atoms with van der Waals surface area (Å²) in [6, 6.07) is 8.63. The number of nitrogens with one attached hydrogen (secondary N) is 2. The van der Waals surface area contributed by atoms with Gasteiger partial charge in [-0.3, -0.25) is 0 Å². The van der Waals surface area contributed by atoms with E-state index in [1.807, 2.05) is 0 Å². The number of halogens is 2. The van der Waals surface area contributed by atoms with Crippen LogP contribution in [0.3, 0.4) is 0 Å². The number of benzene rings is 2. The number of rotatable bonds is 3. The molecular weight excluding hydrogens is 377 g/mol. The van der Waals surface area contributed by atoms with Crippen LogP contribution >= 0.6 is 15.9 Å². The Balaban J connectivity index is 2.06. The van der Waals surface area contributed by atoms with E-state index in [0.717, 1.165) is 0 Å². The van der Waals surface area contributed by atoms with Gasteiger partial charge in [0.05, 0.1) is 10.6 Å². The Morgan fingerprint density at radius 2 is 1.73 bits per heavy atom.